The van der Waals surface area contributed by atoms with E-state index in [0.29, 0.717) is 31.7 Å². The molecule has 5 nitrogen and oxygen atoms in total. The van der Waals surface area contributed by atoms with Crippen LogP contribution in [0.5, 0.6) is 0 Å². The Kier molecular flexibility index (Phi) is 5.07. The highest BCUT2D eigenvalue weighted by Crippen LogP contribution is 2.37. The largest absolute Gasteiger partial charge is 0.354 e. The van der Waals surface area contributed by atoms with Crippen molar-refractivity contribution in [3.8, 4) is 0 Å². The average Bonchev–Trinajstić information content (AvgIpc) is 2.75. The molecule has 1 aliphatic heterocycles. The average molecular weight is 332 g/mol. The lowest BCUT2D eigenvalue weighted by atomic mass is 9.85. The fourth-order valence-corrected chi connectivity index (χ4v) is 3.97. The summed E-state index contributed by atoms with van der Waals surface area (Å²) in [6, 6.07) is -0.657. The summed E-state index contributed by atoms with van der Waals surface area (Å²) >= 11 is 0. The van der Waals surface area contributed by atoms with Crippen molar-refractivity contribution in [3.63, 3.8) is 0 Å². The number of nitrogens with one attached hydrogen (secondary N) is 1. The van der Waals surface area contributed by atoms with E-state index in [1.165, 1.54) is 11.3 Å². The highest BCUT2D eigenvalue weighted by Gasteiger charge is 2.51. The van der Waals surface area contributed by atoms with Crippen molar-refractivity contribution in [1.82, 2.24) is 10.2 Å². The quantitative estimate of drug-likeness (QED) is 0.599. The SMILES string of the molecule is CC(C)C[C@H](C(=O)NCC1CCC1)N1C(=O)[C@H]2CC=CC[C@@H]2C1=O. The molecular formula is C19H28N2O3. The lowest BCUT2D eigenvalue weighted by Gasteiger charge is -2.30. The molecule has 1 N–H and O–H groups in total. The van der Waals surface area contributed by atoms with Gasteiger partial charge < -0.3 is 5.32 Å². The molecule has 0 radical (unpaired) electrons. The van der Waals surface area contributed by atoms with Crippen LogP contribution in [0.1, 0.15) is 52.4 Å². The van der Waals surface area contributed by atoms with Gasteiger partial charge in [-0.05, 0) is 43.9 Å². The molecule has 0 bridgehead atoms. The van der Waals surface area contributed by atoms with Crippen molar-refractivity contribution < 1.29 is 14.4 Å². The van der Waals surface area contributed by atoms with Gasteiger partial charge in [-0.25, -0.2) is 0 Å². The lowest BCUT2D eigenvalue weighted by Crippen LogP contribution is -2.51. The molecule has 5 heteroatoms. The summed E-state index contributed by atoms with van der Waals surface area (Å²) in [6.07, 6.45) is 9.26. The number of nitrogens with zero attached hydrogens (tertiary/aromatic N) is 1. The summed E-state index contributed by atoms with van der Waals surface area (Å²) < 4.78 is 0. The standard InChI is InChI=1S/C19H28N2O3/c1-12(2)10-16(17(22)20-11-13-6-5-7-13)21-18(23)14-8-3-4-9-15(14)19(21)24/h3-4,12-16H,5-11H2,1-2H3,(H,20,22)/t14-,15-,16+/m0/s1. The molecule has 3 aliphatic rings. The molecule has 3 rings (SSSR count). The smallest absolute Gasteiger partial charge is 0.243 e. The number of amides is 3. The first kappa shape index (κ1) is 17.2. The maximum Gasteiger partial charge on any atom is 0.243 e. The van der Waals surface area contributed by atoms with Gasteiger partial charge >= 0.3 is 0 Å². The molecular weight excluding hydrogens is 304 g/mol. The first-order valence-corrected chi connectivity index (χ1v) is 9.28. The van der Waals surface area contributed by atoms with Crippen LogP contribution in [0.2, 0.25) is 0 Å². The van der Waals surface area contributed by atoms with E-state index in [1.807, 2.05) is 26.0 Å². The molecule has 0 spiro atoms. The van der Waals surface area contributed by atoms with Crippen LogP contribution in [-0.2, 0) is 14.4 Å². The molecule has 1 saturated carbocycles. The van der Waals surface area contributed by atoms with Crippen LogP contribution >= 0.6 is 0 Å². The Hall–Kier alpha value is -1.65. The highest BCUT2D eigenvalue weighted by molar-refractivity contribution is 6.08. The van der Waals surface area contributed by atoms with Crippen molar-refractivity contribution in [3.05, 3.63) is 12.2 Å². The van der Waals surface area contributed by atoms with Crippen LogP contribution in [0.4, 0.5) is 0 Å². The van der Waals surface area contributed by atoms with Crippen LogP contribution < -0.4 is 5.32 Å². The Balaban J connectivity index is 1.73. The molecule has 1 saturated heterocycles. The second-order valence-corrected chi connectivity index (χ2v) is 7.89. The number of carbonyl (C=O) groups is 3. The van der Waals surface area contributed by atoms with Gasteiger partial charge in [0.25, 0.3) is 0 Å². The third-order valence-corrected chi connectivity index (χ3v) is 5.64. The highest BCUT2D eigenvalue weighted by atomic mass is 16.2. The Morgan fingerprint density at radius 2 is 1.75 bits per heavy atom. The number of rotatable bonds is 6. The van der Waals surface area contributed by atoms with E-state index in [-0.39, 0.29) is 35.5 Å². The Bertz CT molecular complexity index is 525. The second kappa shape index (κ2) is 7.08. The van der Waals surface area contributed by atoms with E-state index in [4.69, 9.17) is 0 Å². The van der Waals surface area contributed by atoms with E-state index in [1.54, 1.807) is 0 Å². The predicted octanol–water partition coefficient (Wildman–Crippen LogP) is 2.27. The monoisotopic (exact) mass is 332 g/mol. The zero-order valence-electron chi connectivity index (χ0n) is 14.7. The van der Waals surface area contributed by atoms with E-state index in [9.17, 15) is 14.4 Å². The summed E-state index contributed by atoms with van der Waals surface area (Å²) in [5.41, 5.74) is 0. The van der Waals surface area contributed by atoms with E-state index < -0.39 is 6.04 Å². The van der Waals surface area contributed by atoms with Gasteiger partial charge in [-0.15, -0.1) is 0 Å². The Morgan fingerprint density at radius 3 is 2.21 bits per heavy atom. The van der Waals surface area contributed by atoms with Crippen LogP contribution in [0.15, 0.2) is 12.2 Å². The van der Waals surface area contributed by atoms with Gasteiger partial charge in [-0.1, -0.05) is 32.4 Å². The molecule has 0 aromatic carbocycles. The van der Waals surface area contributed by atoms with Crippen molar-refractivity contribution in [2.24, 2.45) is 23.7 Å². The van der Waals surface area contributed by atoms with E-state index in [0.717, 1.165) is 12.8 Å². The number of fused-ring (bicyclic) bond motifs is 1. The zero-order valence-corrected chi connectivity index (χ0v) is 14.7. The summed E-state index contributed by atoms with van der Waals surface area (Å²) in [7, 11) is 0. The summed E-state index contributed by atoms with van der Waals surface area (Å²) in [6.45, 7) is 4.70. The molecule has 3 atom stereocenters. The van der Waals surface area contributed by atoms with E-state index in [2.05, 4.69) is 5.32 Å². The van der Waals surface area contributed by atoms with Gasteiger partial charge in [0.2, 0.25) is 17.7 Å². The number of likely N-dealkylation sites (tertiary alicyclic amines) is 1. The number of allylic oxidation sites excluding steroid dienone is 2. The minimum absolute atomic E-state index is 0.154. The molecule has 0 aromatic rings. The van der Waals surface area contributed by atoms with Crippen LogP contribution in [-0.4, -0.2) is 35.2 Å². The fraction of sp³-hybridized carbons (Fsp3) is 0.737. The van der Waals surface area contributed by atoms with Crippen LogP contribution in [0.25, 0.3) is 0 Å². The van der Waals surface area contributed by atoms with Crippen LogP contribution in [0.3, 0.4) is 0 Å². The summed E-state index contributed by atoms with van der Waals surface area (Å²) in [5, 5.41) is 2.99. The molecule has 2 fully saturated rings. The molecule has 24 heavy (non-hydrogen) atoms. The molecule has 1 heterocycles. The molecule has 2 aliphatic carbocycles. The predicted molar refractivity (Wildman–Crippen MR) is 90.8 cm³/mol. The van der Waals surface area contributed by atoms with Crippen molar-refractivity contribution >= 4 is 17.7 Å². The Morgan fingerprint density at radius 1 is 1.17 bits per heavy atom. The molecule has 132 valence electrons. The van der Waals surface area contributed by atoms with Gasteiger partial charge in [0.1, 0.15) is 6.04 Å². The lowest BCUT2D eigenvalue weighted by molar-refractivity contribution is -0.148. The summed E-state index contributed by atoms with van der Waals surface area (Å²) in [4.78, 5) is 39.6. The van der Waals surface area contributed by atoms with Gasteiger partial charge in [-0.2, -0.15) is 0 Å². The number of imide groups is 1. The fourth-order valence-electron chi connectivity index (χ4n) is 3.97. The number of hydrogen-bond acceptors (Lipinski definition) is 3. The number of hydrogen-bond donors (Lipinski definition) is 1. The van der Waals surface area contributed by atoms with Crippen LogP contribution in [0, 0.1) is 23.7 Å². The van der Waals surface area contributed by atoms with Gasteiger partial charge in [-0.3, -0.25) is 19.3 Å². The first-order chi connectivity index (χ1) is 11.5. The van der Waals surface area contributed by atoms with Crippen molar-refractivity contribution in [1.29, 1.82) is 0 Å². The first-order valence-electron chi connectivity index (χ1n) is 9.28. The van der Waals surface area contributed by atoms with E-state index >= 15 is 0 Å². The molecule has 0 unspecified atom stereocenters. The topological polar surface area (TPSA) is 66.5 Å². The van der Waals surface area contributed by atoms with Gasteiger partial charge in [0, 0.05) is 6.54 Å². The zero-order chi connectivity index (χ0) is 17.3. The minimum Gasteiger partial charge on any atom is -0.354 e. The van der Waals surface area contributed by atoms with Crippen molar-refractivity contribution in [2.75, 3.05) is 6.54 Å². The third-order valence-electron chi connectivity index (χ3n) is 5.64. The molecule has 3 amide bonds. The second-order valence-electron chi connectivity index (χ2n) is 7.89. The maximum atomic E-state index is 12.8. The van der Waals surface area contributed by atoms with Crippen molar-refractivity contribution in [2.45, 2.75) is 58.4 Å². The normalized spacial score (nSPS) is 28.0. The van der Waals surface area contributed by atoms with Gasteiger partial charge in [0.05, 0.1) is 11.8 Å². The number of carbonyl (C=O) groups excluding carboxylic acids is 3. The van der Waals surface area contributed by atoms with Gasteiger partial charge in [0.15, 0.2) is 0 Å². The Labute approximate surface area is 143 Å². The maximum absolute atomic E-state index is 12.8. The third kappa shape index (κ3) is 3.26. The molecule has 0 aromatic heterocycles. The summed E-state index contributed by atoms with van der Waals surface area (Å²) in [5.74, 6) is -0.203. The minimum atomic E-state index is -0.657.